The van der Waals surface area contributed by atoms with E-state index in [1.54, 1.807) is 0 Å². The van der Waals surface area contributed by atoms with Crippen LogP contribution in [0.5, 0.6) is 0 Å². The molecule has 1 unspecified atom stereocenters. The normalized spacial score (nSPS) is 25.5. The van der Waals surface area contributed by atoms with Gasteiger partial charge in [-0.1, -0.05) is 20.3 Å². The van der Waals surface area contributed by atoms with Crippen molar-refractivity contribution in [2.75, 3.05) is 13.1 Å². The molecule has 2 aliphatic rings. The zero-order valence-electron chi connectivity index (χ0n) is 8.62. The van der Waals surface area contributed by atoms with E-state index in [1.807, 2.05) is 0 Å². The van der Waals surface area contributed by atoms with E-state index < -0.39 is 0 Å². The standard InChI is InChI=1S/C11H19NO/c1-3-8(2)10-6-12(7-10)11(13)9-4-5-9/h8-10H,3-7H2,1-2H3. The first-order chi connectivity index (χ1) is 6.22. The van der Waals surface area contributed by atoms with Crippen LogP contribution in [0.2, 0.25) is 0 Å². The van der Waals surface area contributed by atoms with Gasteiger partial charge in [-0.3, -0.25) is 4.79 Å². The Morgan fingerprint density at radius 1 is 1.46 bits per heavy atom. The van der Waals surface area contributed by atoms with Gasteiger partial charge < -0.3 is 4.90 Å². The molecule has 0 aromatic carbocycles. The van der Waals surface area contributed by atoms with E-state index in [0.29, 0.717) is 11.8 Å². The van der Waals surface area contributed by atoms with Crippen molar-refractivity contribution >= 4 is 5.91 Å². The van der Waals surface area contributed by atoms with Crippen LogP contribution < -0.4 is 0 Å². The molecule has 0 bridgehead atoms. The summed E-state index contributed by atoms with van der Waals surface area (Å²) in [5.41, 5.74) is 0. The molecule has 1 saturated carbocycles. The van der Waals surface area contributed by atoms with Gasteiger partial charge in [0, 0.05) is 19.0 Å². The molecule has 1 heterocycles. The van der Waals surface area contributed by atoms with Gasteiger partial charge in [-0.15, -0.1) is 0 Å². The molecule has 0 aromatic heterocycles. The first-order valence-corrected chi connectivity index (χ1v) is 5.51. The highest BCUT2D eigenvalue weighted by Gasteiger charge is 2.40. The minimum absolute atomic E-state index is 0.415. The van der Waals surface area contributed by atoms with Crippen molar-refractivity contribution in [2.24, 2.45) is 17.8 Å². The minimum atomic E-state index is 0.415. The third kappa shape index (κ3) is 1.72. The topological polar surface area (TPSA) is 20.3 Å². The molecule has 1 amide bonds. The highest BCUT2D eigenvalue weighted by molar-refractivity contribution is 5.81. The Labute approximate surface area is 80.3 Å². The van der Waals surface area contributed by atoms with Crippen molar-refractivity contribution in [3.63, 3.8) is 0 Å². The van der Waals surface area contributed by atoms with Crippen LogP contribution in [0.15, 0.2) is 0 Å². The van der Waals surface area contributed by atoms with Crippen LogP contribution in [0.25, 0.3) is 0 Å². The Morgan fingerprint density at radius 3 is 2.54 bits per heavy atom. The summed E-state index contributed by atoms with van der Waals surface area (Å²) in [6.45, 7) is 6.59. The number of nitrogens with zero attached hydrogens (tertiary/aromatic N) is 1. The predicted octanol–water partition coefficient (Wildman–Crippen LogP) is 1.90. The maximum atomic E-state index is 11.6. The largest absolute Gasteiger partial charge is 0.342 e. The Bertz CT molecular complexity index is 204. The summed E-state index contributed by atoms with van der Waals surface area (Å²) in [4.78, 5) is 13.6. The molecule has 1 aliphatic heterocycles. The molecule has 0 radical (unpaired) electrons. The summed E-state index contributed by atoms with van der Waals surface area (Å²) in [6.07, 6.45) is 3.53. The van der Waals surface area contributed by atoms with Crippen LogP contribution in [-0.4, -0.2) is 23.9 Å². The maximum absolute atomic E-state index is 11.6. The Kier molecular flexibility index (Phi) is 2.31. The molecular formula is C11H19NO. The summed E-state index contributed by atoms with van der Waals surface area (Å²) in [5.74, 6) is 2.42. The molecule has 2 fully saturated rings. The van der Waals surface area contributed by atoms with Crippen LogP contribution in [0.4, 0.5) is 0 Å². The van der Waals surface area contributed by atoms with Crippen molar-refractivity contribution in [3.8, 4) is 0 Å². The minimum Gasteiger partial charge on any atom is -0.342 e. The van der Waals surface area contributed by atoms with Gasteiger partial charge in [0.15, 0.2) is 0 Å². The molecule has 0 aromatic rings. The Morgan fingerprint density at radius 2 is 2.08 bits per heavy atom. The lowest BCUT2D eigenvalue weighted by molar-refractivity contribution is -0.140. The Balaban J connectivity index is 1.74. The number of carbonyl (C=O) groups excluding carboxylic acids is 1. The number of carbonyl (C=O) groups is 1. The molecule has 0 spiro atoms. The molecule has 2 heteroatoms. The molecule has 1 aliphatic carbocycles. The van der Waals surface area contributed by atoms with Gasteiger partial charge in [0.05, 0.1) is 0 Å². The third-order valence-corrected chi connectivity index (χ3v) is 3.60. The van der Waals surface area contributed by atoms with E-state index in [0.717, 1.165) is 37.8 Å². The average Bonchev–Trinajstić information content (AvgIpc) is 2.83. The average molecular weight is 181 g/mol. The highest BCUT2D eigenvalue weighted by Crippen LogP contribution is 2.35. The Hall–Kier alpha value is -0.530. The van der Waals surface area contributed by atoms with Gasteiger partial charge >= 0.3 is 0 Å². The molecule has 1 saturated heterocycles. The molecule has 74 valence electrons. The zero-order valence-corrected chi connectivity index (χ0v) is 8.62. The molecular weight excluding hydrogens is 162 g/mol. The number of hydrogen-bond donors (Lipinski definition) is 0. The van der Waals surface area contributed by atoms with Gasteiger partial charge in [-0.05, 0) is 24.7 Å². The van der Waals surface area contributed by atoms with Crippen molar-refractivity contribution in [2.45, 2.75) is 33.1 Å². The molecule has 1 atom stereocenters. The van der Waals surface area contributed by atoms with E-state index in [4.69, 9.17) is 0 Å². The fraction of sp³-hybridized carbons (Fsp3) is 0.909. The highest BCUT2D eigenvalue weighted by atomic mass is 16.2. The van der Waals surface area contributed by atoms with Crippen LogP contribution >= 0.6 is 0 Å². The van der Waals surface area contributed by atoms with Crippen LogP contribution in [0.3, 0.4) is 0 Å². The van der Waals surface area contributed by atoms with Crippen LogP contribution in [0, 0.1) is 17.8 Å². The summed E-state index contributed by atoms with van der Waals surface area (Å²) in [7, 11) is 0. The van der Waals surface area contributed by atoms with E-state index in [1.165, 1.54) is 6.42 Å². The van der Waals surface area contributed by atoms with E-state index in [-0.39, 0.29) is 0 Å². The number of amides is 1. The van der Waals surface area contributed by atoms with E-state index in [2.05, 4.69) is 18.7 Å². The van der Waals surface area contributed by atoms with Gasteiger partial charge in [-0.2, -0.15) is 0 Å². The lowest BCUT2D eigenvalue weighted by atomic mass is 9.85. The van der Waals surface area contributed by atoms with Crippen molar-refractivity contribution in [1.29, 1.82) is 0 Å². The fourth-order valence-electron chi connectivity index (χ4n) is 1.97. The lowest BCUT2D eigenvalue weighted by Crippen LogP contribution is -2.52. The van der Waals surface area contributed by atoms with Crippen molar-refractivity contribution in [1.82, 2.24) is 4.90 Å². The number of hydrogen-bond acceptors (Lipinski definition) is 1. The van der Waals surface area contributed by atoms with Crippen molar-refractivity contribution < 1.29 is 4.79 Å². The first-order valence-electron chi connectivity index (χ1n) is 5.51. The predicted molar refractivity (Wildman–Crippen MR) is 52.2 cm³/mol. The summed E-state index contributed by atoms with van der Waals surface area (Å²) in [5, 5.41) is 0. The molecule has 2 rings (SSSR count). The molecule has 2 nitrogen and oxygen atoms in total. The number of rotatable bonds is 3. The lowest BCUT2D eigenvalue weighted by Gasteiger charge is -2.42. The molecule has 0 N–H and O–H groups in total. The summed E-state index contributed by atoms with van der Waals surface area (Å²) in [6, 6.07) is 0. The monoisotopic (exact) mass is 181 g/mol. The van der Waals surface area contributed by atoms with Gasteiger partial charge in [0.1, 0.15) is 0 Å². The second kappa shape index (κ2) is 3.32. The first kappa shape index (κ1) is 9.04. The van der Waals surface area contributed by atoms with Gasteiger partial charge in [-0.25, -0.2) is 0 Å². The fourth-order valence-corrected chi connectivity index (χ4v) is 1.97. The van der Waals surface area contributed by atoms with E-state index >= 15 is 0 Å². The zero-order chi connectivity index (χ0) is 9.42. The third-order valence-electron chi connectivity index (χ3n) is 3.60. The quantitative estimate of drug-likeness (QED) is 0.651. The SMILES string of the molecule is CCC(C)C1CN(C(=O)C2CC2)C1. The second-order valence-electron chi connectivity index (χ2n) is 4.66. The second-order valence-corrected chi connectivity index (χ2v) is 4.66. The van der Waals surface area contributed by atoms with E-state index in [9.17, 15) is 4.79 Å². The summed E-state index contributed by atoms with van der Waals surface area (Å²) < 4.78 is 0. The summed E-state index contributed by atoms with van der Waals surface area (Å²) >= 11 is 0. The van der Waals surface area contributed by atoms with Gasteiger partial charge in [0.25, 0.3) is 0 Å². The smallest absolute Gasteiger partial charge is 0.225 e. The maximum Gasteiger partial charge on any atom is 0.225 e. The number of likely N-dealkylation sites (tertiary alicyclic amines) is 1. The van der Waals surface area contributed by atoms with Crippen LogP contribution in [-0.2, 0) is 4.79 Å². The van der Waals surface area contributed by atoms with Crippen molar-refractivity contribution in [3.05, 3.63) is 0 Å². The van der Waals surface area contributed by atoms with Crippen LogP contribution in [0.1, 0.15) is 33.1 Å². The molecule has 13 heavy (non-hydrogen) atoms. The van der Waals surface area contributed by atoms with Gasteiger partial charge in [0.2, 0.25) is 5.91 Å².